The van der Waals surface area contributed by atoms with Crippen LogP contribution in [-0.4, -0.2) is 51.2 Å². The zero-order valence-electron chi connectivity index (χ0n) is 18.3. The van der Waals surface area contributed by atoms with Crippen molar-refractivity contribution < 1.29 is 9.18 Å². The highest BCUT2D eigenvalue weighted by molar-refractivity contribution is 5.95. The van der Waals surface area contributed by atoms with Gasteiger partial charge in [-0.2, -0.15) is 5.10 Å². The normalized spacial score (nSPS) is 16.4. The van der Waals surface area contributed by atoms with E-state index in [1.807, 2.05) is 37.9 Å². The van der Waals surface area contributed by atoms with Crippen LogP contribution in [-0.2, 0) is 7.05 Å². The van der Waals surface area contributed by atoms with Crippen LogP contribution in [0.2, 0.25) is 0 Å². The van der Waals surface area contributed by atoms with Crippen molar-refractivity contribution in [3.8, 4) is 11.1 Å². The first-order valence-corrected chi connectivity index (χ1v) is 10.5. The summed E-state index contributed by atoms with van der Waals surface area (Å²) in [5.41, 5.74) is 3.77. The minimum atomic E-state index is -0.294. The molecule has 0 saturated carbocycles. The van der Waals surface area contributed by atoms with Gasteiger partial charge >= 0.3 is 0 Å². The number of nitrogens with zero attached hydrogens (tertiary/aromatic N) is 6. The summed E-state index contributed by atoms with van der Waals surface area (Å²) in [4.78, 5) is 26.6. The predicted octanol–water partition coefficient (Wildman–Crippen LogP) is 3.76. The van der Waals surface area contributed by atoms with E-state index in [1.54, 1.807) is 29.2 Å². The Hall–Kier alpha value is -3.29. The van der Waals surface area contributed by atoms with Gasteiger partial charge in [0.05, 0.1) is 23.0 Å². The van der Waals surface area contributed by atoms with Crippen molar-refractivity contribution in [1.29, 1.82) is 0 Å². The second-order valence-electron chi connectivity index (χ2n) is 8.18. The second-order valence-corrected chi connectivity index (χ2v) is 8.18. The third-order valence-electron chi connectivity index (χ3n) is 5.68. The van der Waals surface area contributed by atoms with Gasteiger partial charge in [0.25, 0.3) is 5.91 Å². The van der Waals surface area contributed by atoms with Crippen LogP contribution < -0.4 is 4.90 Å². The van der Waals surface area contributed by atoms with Gasteiger partial charge in [-0.05, 0) is 43.9 Å². The molecule has 1 aliphatic heterocycles. The summed E-state index contributed by atoms with van der Waals surface area (Å²) < 4.78 is 15.2. The molecule has 3 heterocycles. The van der Waals surface area contributed by atoms with Gasteiger partial charge in [0.15, 0.2) is 0 Å². The van der Waals surface area contributed by atoms with Gasteiger partial charge in [-0.3, -0.25) is 9.48 Å². The Bertz CT molecular complexity index is 1090. The molecule has 0 bridgehead atoms. The van der Waals surface area contributed by atoms with Crippen LogP contribution in [0, 0.1) is 12.7 Å². The zero-order chi connectivity index (χ0) is 22.1. The van der Waals surface area contributed by atoms with Crippen molar-refractivity contribution in [2.45, 2.75) is 32.2 Å². The van der Waals surface area contributed by atoms with E-state index in [1.165, 1.54) is 12.1 Å². The summed E-state index contributed by atoms with van der Waals surface area (Å²) in [6.45, 7) is 2.51. The fourth-order valence-corrected chi connectivity index (χ4v) is 4.13. The van der Waals surface area contributed by atoms with Crippen molar-refractivity contribution >= 4 is 11.9 Å². The van der Waals surface area contributed by atoms with E-state index >= 15 is 0 Å². The number of piperidine rings is 1. The number of likely N-dealkylation sites (tertiary alicyclic amines) is 1. The average molecular weight is 423 g/mol. The maximum Gasteiger partial charge on any atom is 0.257 e. The van der Waals surface area contributed by atoms with Gasteiger partial charge in [-0.1, -0.05) is 12.1 Å². The molecule has 162 valence electrons. The van der Waals surface area contributed by atoms with Crippen LogP contribution >= 0.6 is 0 Å². The molecule has 3 aromatic rings. The van der Waals surface area contributed by atoms with Gasteiger partial charge in [0, 0.05) is 45.6 Å². The van der Waals surface area contributed by atoms with Gasteiger partial charge in [-0.15, -0.1) is 0 Å². The molecule has 0 aliphatic carbocycles. The lowest BCUT2D eigenvalue weighted by molar-refractivity contribution is 0.0606. The Balaban J connectivity index is 1.81. The van der Waals surface area contributed by atoms with E-state index in [-0.39, 0.29) is 17.8 Å². The highest BCUT2D eigenvalue weighted by Crippen LogP contribution is 2.37. The number of rotatable bonds is 4. The number of aromatic nitrogens is 4. The lowest BCUT2D eigenvalue weighted by atomic mass is 9.93. The monoisotopic (exact) mass is 422 g/mol. The lowest BCUT2D eigenvalue weighted by Crippen LogP contribution is -2.39. The summed E-state index contributed by atoms with van der Waals surface area (Å²) in [5.74, 6) is 0.249. The molecule has 0 radical (unpaired) electrons. The molecule has 0 unspecified atom stereocenters. The fourth-order valence-electron chi connectivity index (χ4n) is 4.13. The number of benzene rings is 1. The Labute approximate surface area is 181 Å². The van der Waals surface area contributed by atoms with Crippen LogP contribution in [0.25, 0.3) is 11.1 Å². The topological polar surface area (TPSA) is 67.2 Å². The van der Waals surface area contributed by atoms with Crippen LogP contribution in [0.5, 0.6) is 0 Å². The fraction of sp³-hybridized carbons (Fsp3) is 0.391. The molecular formula is C23H27FN6O. The Morgan fingerprint density at radius 3 is 2.58 bits per heavy atom. The summed E-state index contributed by atoms with van der Waals surface area (Å²) >= 11 is 0. The molecule has 8 heteroatoms. The Morgan fingerprint density at radius 1 is 1.19 bits per heavy atom. The molecule has 1 fully saturated rings. The standard InChI is InChI=1S/C23H27FN6O/c1-15-19(14-29(4)27-15)22(31)30-12-6-5-7-20(30)21-18(13-25-23(26-21)28(2)3)16-8-10-17(24)11-9-16/h8-11,13-14,20H,5-7,12H2,1-4H3/t20-/m1/s1. The number of halogens is 1. The van der Waals surface area contributed by atoms with Gasteiger partial charge in [0.2, 0.25) is 5.95 Å². The van der Waals surface area contributed by atoms with E-state index in [2.05, 4.69) is 10.1 Å². The third kappa shape index (κ3) is 4.15. The smallest absolute Gasteiger partial charge is 0.257 e. The number of amides is 1. The van der Waals surface area contributed by atoms with Gasteiger partial charge in [0.1, 0.15) is 5.82 Å². The van der Waals surface area contributed by atoms with Crippen LogP contribution in [0.15, 0.2) is 36.7 Å². The van der Waals surface area contributed by atoms with Crippen molar-refractivity contribution in [2.24, 2.45) is 7.05 Å². The minimum Gasteiger partial charge on any atom is -0.347 e. The minimum absolute atomic E-state index is 0.0367. The van der Waals surface area contributed by atoms with Crippen molar-refractivity contribution in [3.05, 3.63) is 59.4 Å². The first-order chi connectivity index (χ1) is 14.8. The van der Waals surface area contributed by atoms with E-state index < -0.39 is 0 Å². The van der Waals surface area contributed by atoms with Gasteiger partial charge < -0.3 is 9.80 Å². The average Bonchev–Trinajstić information content (AvgIpc) is 3.11. The lowest BCUT2D eigenvalue weighted by Gasteiger charge is -2.36. The number of carbonyl (C=O) groups excluding carboxylic acids is 1. The van der Waals surface area contributed by atoms with E-state index in [9.17, 15) is 9.18 Å². The number of hydrogen-bond acceptors (Lipinski definition) is 5. The zero-order valence-corrected chi connectivity index (χ0v) is 18.3. The quantitative estimate of drug-likeness (QED) is 0.641. The second kappa shape index (κ2) is 8.45. The molecule has 1 aliphatic rings. The first-order valence-electron chi connectivity index (χ1n) is 10.5. The molecule has 1 atom stereocenters. The summed E-state index contributed by atoms with van der Waals surface area (Å²) in [5, 5.41) is 4.34. The van der Waals surface area contributed by atoms with Gasteiger partial charge in [-0.25, -0.2) is 14.4 Å². The summed E-state index contributed by atoms with van der Waals surface area (Å²) in [6, 6.07) is 6.13. The first kappa shape index (κ1) is 21.0. The third-order valence-corrected chi connectivity index (χ3v) is 5.68. The molecule has 0 spiro atoms. The maximum absolute atomic E-state index is 13.5. The van der Waals surface area contributed by atoms with Crippen LogP contribution in [0.4, 0.5) is 10.3 Å². The number of hydrogen-bond donors (Lipinski definition) is 0. The number of anilines is 1. The predicted molar refractivity (Wildman–Crippen MR) is 117 cm³/mol. The summed E-state index contributed by atoms with van der Waals surface area (Å²) in [6.07, 6.45) is 6.31. The van der Waals surface area contributed by atoms with E-state index in [4.69, 9.17) is 4.98 Å². The molecule has 0 N–H and O–H groups in total. The molecule has 1 aromatic carbocycles. The summed E-state index contributed by atoms with van der Waals surface area (Å²) in [7, 11) is 5.59. The highest BCUT2D eigenvalue weighted by Gasteiger charge is 2.33. The van der Waals surface area contributed by atoms with E-state index in [0.29, 0.717) is 23.8 Å². The van der Waals surface area contributed by atoms with Crippen molar-refractivity contribution in [1.82, 2.24) is 24.6 Å². The molecule has 1 saturated heterocycles. The van der Waals surface area contributed by atoms with Crippen molar-refractivity contribution in [2.75, 3.05) is 25.5 Å². The number of carbonyl (C=O) groups is 1. The molecular weight excluding hydrogens is 395 g/mol. The Morgan fingerprint density at radius 2 is 1.94 bits per heavy atom. The van der Waals surface area contributed by atoms with E-state index in [0.717, 1.165) is 36.1 Å². The van der Waals surface area contributed by atoms with Crippen LogP contribution in [0.1, 0.15) is 47.1 Å². The molecule has 31 heavy (non-hydrogen) atoms. The maximum atomic E-state index is 13.5. The van der Waals surface area contributed by atoms with Crippen LogP contribution in [0.3, 0.4) is 0 Å². The largest absolute Gasteiger partial charge is 0.347 e. The number of aryl methyl sites for hydroxylation is 2. The molecule has 2 aromatic heterocycles. The molecule has 4 rings (SSSR count). The molecule has 1 amide bonds. The molecule has 7 nitrogen and oxygen atoms in total. The van der Waals surface area contributed by atoms with Crippen molar-refractivity contribution in [3.63, 3.8) is 0 Å². The highest BCUT2D eigenvalue weighted by atomic mass is 19.1. The SMILES string of the molecule is Cc1nn(C)cc1C(=O)N1CCCC[C@@H]1c1nc(N(C)C)ncc1-c1ccc(F)cc1. The Kier molecular flexibility index (Phi) is 5.71.